The van der Waals surface area contributed by atoms with E-state index in [0.717, 1.165) is 6.07 Å². The fourth-order valence-electron chi connectivity index (χ4n) is 1.21. The third-order valence-corrected chi connectivity index (χ3v) is 3.09. The molecule has 0 saturated heterocycles. The van der Waals surface area contributed by atoms with Crippen LogP contribution in [0.3, 0.4) is 0 Å². The van der Waals surface area contributed by atoms with Crippen LogP contribution in [0.4, 0.5) is 13.2 Å². The molecule has 4 nitrogen and oxygen atoms in total. The highest BCUT2D eigenvalue weighted by Gasteiger charge is 2.36. The van der Waals surface area contributed by atoms with Gasteiger partial charge < -0.3 is 5.11 Å². The molecule has 0 heterocycles. The second-order valence-corrected chi connectivity index (χ2v) is 5.27. The molecule has 0 amide bonds. The van der Waals surface area contributed by atoms with Gasteiger partial charge in [0.1, 0.15) is 0 Å². The van der Waals surface area contributed by atoms with E-state index in [1.807, 2.05) is 0 Å². The number of alkyl halides is 3. The Kier molecular flexibility index (Phi) is 3.19. The maximum atomic E-state index is 12.6. The lowest BCUT2D eigenvalue weighted by Gasteiger charge is -2.12. The molecule has 0 spiro atoms. The van der Waals surface area contributed by atoms with Crippen LogP contribution in [0.25, 0.3) is 0 Å². The zero-order valence-electron chi connectivity index (χ0n) is 8.45. The molecule has 1 aromatic rings. The van der Waals surface area contributed by atoms with E-state index in [1.165, 1.54) is 0 Å². The van der Waals surface area contributed by atoms with Crippen LogP contribution in [-0.2, 0) is 16.0 Å². The SMILES string of the molecule is CS(=O)(=O)c1ccc(C(=O)O)cc1C(F)(F)F. The fraction of sp³-hybridized carbons (Fsp3) is 0.222. The highest BCUT2D eigenvalue weighted by Crippen LogP contribution is 2.34. The van der Waals surface area contributed by atoms with Crippen molar-refractivity contribution in [3.05, 3.63) is 29.3 Å². The van der Waals surface area contributed by atoms with Crippen LogP contribution in [0.2, 0.25) is 0 Å². The first kappa shape index (κ1) is 13.5. The average Bonchev–Trinajstić information content (AvgIpc) is 2.14. The Balaban J connectivity index is 3.60. The summed E-state index contributed by atoms with van der Waals surface area (Å²) in [5.41, 5.74) is -2.09. The Morgan fingerprint density at radius 3 is 2.18 bits per heavy atom. The Morgan fingerprint density at radius 1 is 1.29 bits per heavy atom. The van der Waals surface area contributed by atoms with Gasteiger partial charge in [-0.05, 0) is 18.2 Å². The summed E-state index contributed by atoms with van der Waals surface area (Å²) in [7, 11) is -4.07. The van der Waals surface area contributed by atoms with Crippen molar-refractivity contribution in [1.29, 1.82) is 0 Å². The van der Waals surface area contributed by atoms with Gasteiger partial charge in [0, 0.05) is 6.26 Å². The van der Waals surface area contributed by atoms with Crippen molar-refractivity contribution in [3.8, 4) is 0 Å². The largest absolute Gasteiger partial charge is 0.478 e. The molecular formula is C9H7F3O4S. The second kappa shape index (κ2) is 4.02. The highest BCUT2D eigenvalue weighted by molar-refractivity contribution is 7.90. The van der Waals surface area contributed by atoms with E-state index in [4.69, 9.17) is 5.11 Å². The van der Waals surface area contributed by atoms with E-state index < -0.39 is 38.0 Å². The third-order valence-electron chi connectivity index (χ3n) is 1.93. The second-order valence-electron chi connectivity index (χ2n) is 3.29. The lowest BCUT2D eigenvalue weighted by Crippen LogP contribution is -2.14. The van der Waals surface area contributed by atoms with Gasteiger partial charge >= 0.3 is 12.1 Å². The van der Waals surface area contributed by atoms with Crippen molar-refractivity contribution in [1.82, 2.24) is 0 Å². The van der Waals surface area contributed by atoms with Crippen molar-refractivity contribution in [2.75, 3.05) is 6.26 Å². The number of sulfone groups is 1. The Bertz CT molecular complexity index is 560. The van der Waals surface area contributed by atoms with Crippen LogP contribution in [0, 0.1) is 0 Å². The van der Waals surface area contributed by atoms with E-state index in [9.17, 15) is 26.4 Å². The highest BCUT2D eigenvalue weighted by atomic mass is 32.2. The van der Waals surface area contributed by atoms with Gasteiger partial charge in [-0.2, -0.15) is 13.2 Å². The first-order chi connectivity index (χ1) is 7.53. The molecule has 17 heavy (non-hydrogen) atoms. The maximum Gasteiger partial charge on any atom is 0.417 e. The molecule has 0 aromatic heterocycles. The quantitative estimate of drug-likeness (QED) is 0.887. The van der Waals surface area contributed by atoms with Crippen molar-refractivity contribution in [2.24, 2.45) is 0 Å². The molecule has 0 radical (unpaired) electrons. The number of benzene rings is 1. The van der Waals surface area contributed by atoms with Gasteiger partial charge in [-0.25, -0.2) is 13.2 Å². The summed E-state index contributed by atoms with van der Waals surface area (Å²) in [5.74, 6) is -1.56. The normalized spacial score (nSPS) is 12.5. The number of rotatable bonds is 2. The van der Waals surface area contributed by atoms with Crippen LogP contribution in [-0.4, -0.2) is 25.7 Å². The van der Waals surface area contributed by atoms with Crippen LogP contribution < -0.4 is 0 Å². The monoisotopic (exact) mass is 268 g/mol. The van der Waals surface area contributed by atoms with Crippen molar-refractivity contribution in [2.45, 2.75) is 11.1 Å². The van der Waals surface area contributed by atoms with Gasteiger partial charge in [-0.1, -0.05) is 0 Å². The molecule has 0 aliphatic rings. The zero-order chi connectivity index (χ0) is 13.4. The number of carboxylic acid groups (broad SMARTS) is 1. The molecule has 0 unspecified atom stereocenters. The first-order valence-corrected chi connectivity index (χ1v) is 6.07. The molecule has 0 bridgehead atoms. The van der Waals surface area contributed by atoms with Crippen LogP contribution >= 0.6 is 0 Å². The predicted octanol–water partition coefficient (Wildman–Crippen LogP) is 1.81. The standard InChI is InChI=1S/C9H7F3O4S/c1-17(15,16)7-3-2-5(8(13)14)4-6(7)9(10,11)12/h2-4H,1H3,(H,13,14). The Morgan fingerprint density at radius 2 is 1.82 bits per heavy atom. The Labute approximate surface area is 94.6 Å². The molecule has 94 valence electrons. The first-order valence-electron chi connectivity index (χ1n) is 4.18. The number of carboxylic acids is 1. The smallest absolute Gasteiger partial charge is 0.417 e. The van der Waals surface area contributed by atoms with E-state index in [-0.39, 0.29) is 0 Å². The van der Waals surface area contributed by atoms with Crippen LogP contribution in [0.1, 0.15) is 15.9 Å². The van der Waals surface area contributed by atoms with E-state index in [0.29, 0.717) is 18.4 Å². The summed E-state index contributed by atoms with van der Waals surface area (Å²) < 4.78 is 60.0. The molecule has 1 rings (SSSR count). The minimum absolute atomic E-state index is 0.304. The summed E-state index contributed by atoms with van der Waals surface area (Å²) in [6.07, 6.45) is -4.30. The molecule has 0 aliphatic heterocycles. The number of aromatic carboxylic acids is 1. The molecule has 0 aliphatic carbocycles. The van der Waals surface area contributed by atoms with Gasteiger partial charge in [-0.3, -0.25) is 0 Å². The van der Waals surface area contributed by atoms with Gasteiger partial charge in [0.15, 0.2) is 9.84 Å². The number of hydrogen-bond acceptors (Lipinski definition) is 3. The number of halogens is 3. The van der Waals surface area contributed by atoms with E-state index >= 15 is 0 Å². The summed E-state index contributed by atoms with van der Waals surface area (Å²) in [6.45, 7) is 0. The maximum absolute atomic E-state index is 12.6. The minimum Gasteiger partial charge on any atom is -0.478 e. The number of hydrogen-bond donors (Lipinski definition) is 1. The van der Waals surface area contributed by atoms with Gasteiger partial charge in [0.2, 0.25) is 0 Å². The third kappa shape index (κ3) is 2.96. The van der Waals surface area contributed by atoms with Crippen molar-refractivity contribution in [3.63, 3.8) is 0 Å². The molecule has 0 fully saturated rings. The summed E-state index contributed by atoms with van der Waals surface area (Å²) in [4.78, 5) is 9.59. The average molecular weight is 268 g/mol. The Hall–Kier alpha value is -1.57. The van der Waals surface area contributed by atoms with Crippen LogP contribution in [0.15, 0.2) is 23.1 Å². The fourth-order valence-corrected chi connectivity index (χ4v) is 2.10. The number of carbonyl (C=O) groups is 1. The van der Waals surface area contributed by atoms with E-state index in [1.54, 1.807) is 0 Å². The molecule has 0 atom stereocenters. The summed E-state index contributed by atoms with van der Waals surface area (Å²) in [6, 6.07) is 1.76. The molecule has 8 heteroatoms. The summed E-state index contributed by atoms with van der Waals surface area (Å²) >= 11 is 0. The summed E-state index contributed by atoms with van der Waals surface area (Å²) in [5, 5.41) is 8.55. The van der Waals surface area contributed by atoms with E-state index in [2.05, 4.69) is 0 Å². The van der Waals surface area contributed by atoms with Gasteiger partial charge in [-0.15, -0.1) is 0 Å². The predicted molar refractivity (Wildman–Crippen MR) is 51.5 cm³/mol. The van der Waals surface area contributed by atoms with Gasteiger partial charge in [0.05, 0.1) is 16.0 Å². The topological polar surface area (TPSA) is 71.4 Å². The molecule has 1 aromatic carbocycles. The lowest BCUT2D eigenvalue weighted by molar-refractivity contribution is -0.139. The van der Waals surface area contributed by atoms with Gasteiger partial charge in [0.25, 0.3) is 0 Å². The molecule has 1 N–H and O–H groups in total. The van der Waals surface area contributed by atoms with Crippen molar-refractivity contribution < 1.29 is 31.5 Å². The zero-order valence-corrected chi connectivity index (χ0v) is 9.26. The van der Waals surface area contributed by atoms with Crippen LogP contribution in [0.5, 0.6) is 0 Å². The molecular weight excluding hydrogens is 261 g/mol. The minimum atomic E-state index is -4.93. The molecule has 0 saturated carbocycles. The lowest BCUT2D eigenvalue weighted by atomic mass is 10.1. The van der Waals surface area contributed by atoms with Crippen molar-refractivity contribution >= 4 is 15.8 Å².